The number of benzene rings is 2. The third-order valence-electron chi connectivity index (χ3n) is 4.79. The number of nitrogens with zero attached hydrogens (tertiary/aromatic N) is 2. The van der Waals surface area contributed by atoms with Crippen molar-refractivity contribution in [1.29, 1.82) is 5.26 Å². The molecule has 5 nitrogen and oxygen atoms in total. The molecule has 3 rings (SSSR count). The van der Waals surface area contributed by atoms with Gasteiger partial charge in [0.25, 0.3) is 5.91 Å². The first-order chi connectivity index (χ1) is 14.4. The highest BCUT2D eigenvalue weighted by Crippen LogP contribution is 2.25. The Morgan fingerprint density at radius 1 is 1.17 bits per heavy atom. The molecule has 0 unspecified atom stereocenters. The molecule has 30 heavy (non-hydrogen) atoms. The van der Waals surface area contributed by atoms with Crippen molar-refractivity contribution in [2.75, 3.05) is 5.32 Å². The van der Waals surface area contributed by atoms with Crippen molar-refractivity contribution in [3.63, 3.8) is 0 Å². The topological polar surface area (TPSA) is 77.8 Å². The van der Waals surface area contributed by atoms with Crippen molar-refractivity contribution < 1.29 is 9.18 Å². The third kappa shape index (κ3) is 5.00. The molecule has 0 saturated heterocycles. The molecular formula is C24H23FN4O. The first-order valence-electron chi connectivity index (χ1n) is 9.67. The van der Waals surface area contributed by atoms with E-state index in [1.807, 2.05) is 39.0 Å². The number of carbonyl (C=O) groups is 1. The molecule has 0 aliphatic carbocycles. The van der Waals surface area contributed by atoms with Crippen LogP contribution in [-0.4, -0.2) is 10.9 Å². The fourth-order valence-corrected chi connectivity index (χ4v) is 3.10. The molecule has 1 amide bonds. The van der Waals surface area contributed by atoms with Crippen molar-refractivity contribution in [3.8, 4) is 6.07 Å². The number of halogens is 1. The van der Waals surface area contributed by atoms with Crippen LogP contribution < -0.4 is 10.6 Å². The van der Waals surface area contributed by atoms with E-state index in [9.17, 15) is 9.18 Å². The Morgan fingerprint density at radius 3 is 2.53 bits per heavy atom. The van der Waals surface area contributed by atoms with Crippen LogP contribution in [0.5, 0.6) is 0 Å². The van der Waals surface area contributed by atoms with Gasteiger partial charge < -0.3 is 10.6 Å². The average molecular weight is 402 g/mol. The van der Waals surface area contributed by atoms with Gasteiger partial charge in [0.1, 0.15) is 11.6 Å². The number of anilines is 2. The van der Waals surface area contributed by atoms with E-state index in [-0.39, 0.29) is 17.6 Å². The average Bonchev–Trinajstić information content (AvgIpc) is 2.74. The maximum absolute atomic E-state index is 13.0. The molecule has 0 saturated carbocycles. The Hall–Kier alpha value is -3.72. The maximum Gasteiger partial charge on any atom is 0.253 e. The Labute approximate surface area is 175 Å². The van der Waals surface area contributed by atoms with E-state index < -0.39 is 0 Å². The van der Waals surface area contributed by atoms with Gasteiger partial charge >= 0.3 is 0 Å². The van der Waals surface area contributed by atoms with Crippen molar-refractivity contribution in [3.05, 3.63) is 88.4 Å². The highest BCUT2D eigenvalue weighted by Gasteiger charge is 2.16. The summed E-state index contributed by atoms with van der Waals surface area (Å²) in [5.74, 6) is 0.206. The van der Waals surface area contributed by atoms with E-state index >= 15 is 0 Å². The van der Waals surface area contributed by atoms with Gasteiger partial charge in [-0.25, -0.2) is 9.37 Å². The number of carbonyl (C=O) groups excluding carboxylic acids is 1. The zero-order valence-corrected chi connectivity index (χ0v) is 17.2. The van der Waals surface area contributed by atoms with E-state index in [0.717, 1.165) is 22.4 Å². The lowest BCUT2D eigenvalue weighted by atomic mass is 9.98. The number of pyridine rings is 1. The number of aryl methyl sites for hydroxylation is 1. The summed E-state index contributed by atoms with van der Waals surface area (Å²) in [5, 5.41) is 15.1. The standard InChI is InChI=1S/C24H23FN4O/c1-15(2)20-11-23(29-22-9-6-18(12-26)10-16(22)3)27-14-21(20)24(30)28-13-17-4-7-19(25)8-5-17/h4-11,14-15H,13H2,1-3H3,(H,27,29)(H,28,30). The molecule has 0 aliphatic rings. The summed E-state index contributed by atoms with van der Waals surface area (Å²) in [5.41, 5.74) is 4.58. The summed E-state index contributed by atoms with van der Waals surface area (Å²) in [4.78, 5) is 17.1. The van der Waals surface area contributed by atoms with Gasteiger partial charge in [-0.15, -0.1) is 0 Å². The van der Waals surface area contributed by atoms with Crippen LogP contribution in [0.1, 0.15) is 52.4 Å². The third-order valence-corrected chi connectivity index (χ3v) is 4.79. The minimum Gasteiger partial charge on any atom is -0.348 e. The Morgan fingerprint density at radius 2 is 1.90 bits per heavy atom. The Balaban J connectivity index is 1.78. The predicted octanol–water partition coefficient (Wildman–Crippen LogP) is 5.20. The van der Waals surface area contributed by atoms with Gasteiger partial charge in [0.15, 0.2) is 0 Å². The van der Waals surface area contributed by atoms with Crippen molar-refractivity contribution in [2.24, 2.45) is 0 Å². The van der Waals surface area contributed by atoms with Crippen LogP contribution >= 0.6 is 0 Å². The van der Waals surface area contributed by atoms with Gasteiger partial charge in [-0.3, -0.25) is 4.79 Å². The quantitative estimate of drug-likeness (QED) is 0.594. The van der Waals surface area contributed by atoms with E-state index in [4.69, 9.17) is 5.26 Å². The summed E-state index contributed by atoms with van der Waals surface area (Å²) in [6, 6.07) is 15.4. The second kappa shape index (κ2) is 9.19. The minimum absolute atomic E-state index is 0.113. The van der Waals surface area contributed by atoms with Crippen molar-refractivity contribution >= 4 is 17.4 Å². The number of amides is 1. The molecule has 1 heterocycles. The molecule has 3 aromatic rings. The summed E-state index contributed by atoms with van der Waals surface area (Å²) in [7, 11) is 0. The van der Waals surface area contributed by atoms with Crippen LogP contribution in [0.3, 0.4) is 0 Å². The summed E-state index contributed by atoms with van der Waals surface area (Å²) in [6.45, 7) is 6.26. The highest BCUT2D eigenvalue weighted by molar-refractivity contribution is 5.95. The van der Waals surface area contributed by atoms with Crippen molar-refractivity contribution in [2.45, 2.75) is 33.2 Å². The highest BCUT2D eigenvalue weighted by atomic mass is 19.1. The van der Waals surface area contributed by atoms with Gasteiger partial charge in [-0.2, -0.15) is 5.26 Å². The molecule has 0 spiro atoms. The van der Waals surface area contributed by atoms with Gasteiger partial charge in [-0.1, -0.05) is 26.0 Å². The Kier molecular flexibility index (Phi) is 6.43. The van der Waals surface area contributed by atoms with Gasteiger partial charge in [0, 0.05) is 18.4 Å². The smallest absolute Gasteiger partial charge is 0.253 e. The molecule has 152 valence electrons. The number of nitriles is 1. The van der Waals surface area contributed by atoms with Crippen LogP contribution in [0.15, 0.2) is 54.7 Å². The van der Waals surface area contributed by atoms with Crippen LogP contribution in [0.4, 0.5) is 15.9 Å². The number of rotatable bonds is 6. The summed E-state index contributed by atoms with van der Waals surface area (Å²) in [6.07, 6.45) is 1.57. The van der Waals surface area contributed by atoms with Crippen LogP contribution in [-0.2, 0) is 6.54 Å². The fourth-order valence-electron chi connectivity index (χ4n) is 3.10. The zero-order valence-electron chi connectivity index (χ0n) is 17.2. The van der Waals surface area contributed by atoms with Crippen LogP contribution in [0.2, 0.25) is 0 Å². The van der Waals surface area contributed by atoms with E-state index in [2.05, 4.69) is 21.7 Å². The molecular weight excluding hydrogens is 379 g/mol. The molecule has 2 aromatic carbocycles. The van der Waals surface area contributed by atoms with Gasteiger partial charge in [0.05, 0.1) is 17.2 Å². The minimum atomic E-state index is -0.308. The fraction of sp³-hybridized carbons (Fsp3) is 0.208. The van der Waals surface area contributed by atoms with Crippen molar-refractivity contribution in [1.82, 2.24) is 10.3 Å². The largest absolute Gasteiger partial charge is 0.348 e. The van der Waals surface area contributed by atoms with Gasteiger partial charge in [0.2, 0.25) is 0 Å². The summed E-state index contributed by atoms with van der Waals surface area (Å²) >= 11 is 0. The molecule has 0 radical (unpaired) electrons. The lowest BCUT2D eigenvalue weighted by molar-refractivity contribution is 0.0949. The molecule has 2 N–H and O–H groups in total. The van der Waals surface area contributed by atoms with Crippen LogP contribution in [0.25, 0.3) is 0 Å². The molecule has 0 aliphatic heterocycles. The molecule has 6 heteroatoms. The summed E-state index contributed by atoms with van der Waals surface area (Å²) < 4.78 is 13.0. The van der Waals surface area contributed by atoms with E-state index in [1.165, 1.54) is 12.1 Å². The molecule has 0 bridgehead atoms. The van der Waals surface area contributed by atoms with Gasteiger partial charge in [-0.05, 0) is 65.9 Å². The molecule has 0 atom stereocenters. The number of nitrogens with one attached hydrogen (secondary N) is 2. The molecule has 1 aromatic heterocycles. The number of hydrogen-bond acceptors (Lipinski definition) is 4. The second-order valence-electron chi connectivity index (χ2n) is 7.39. The maximum atomic E-state index is 13.0. The van der Waals surface area contributed by atoms with Crippen LogP contribution in [0, 0.1) is 24.1 Å². The molecule has 0 fully saturated rings. The number of hydrogen-bond donors (Lipinski definition) is 2. The lowest BCUT2D eigenvalue weighted by Gasteiger charge is -2.16. The monoisotopic (exact) mass is 402 g/mol. The van der Waals surface area contributed by atoms with E-state index in [1.54, 1.807) is 24.4 Å². The first-order valence-corrected chi connectivity index (χ1v) is 9.67. The predicted molar refractivity (Wildman–Crippen MR) is 115 cm³/mol. The normalized spacial score (nSPS) is 10.5. The second-order valence-corrected chi connectivity index (χ2v) is 7.39. The zero-order chi connectivity index (χ0) is 21.7. The number of aromatic nitrogens is 1. The first kappa shape index (κ1) is 21.0. The van der Waals surface area contributed by atoms with E-state index in [0.29, 0.717) is 23.5 Å². The Bertz CT molecular complexity index is 1100. The SMILES string of the molecule is Cc1cc(C#N)ccc1Nc1cc(C(C)C)c(C(=O)NCc2ccc(F)cc2)cn1. The lowest BCUT2D eigenvalue weighted by Crippen LogP contribution is -2.24.